The number of H-pyrrole nitrogens is 1. The first kappa shape index (κ1) is 30.5. The Bertz CT molecular complexity index is 1720. The molecule has 6 N–H and O–H groups in total. The third-order valence-corrected chi connectivity index (χ3v) is 7.80. The smallest absolute Gasteiger partial charge is 0.243 e. The molecule has 4 aromatic carbocycles. The molecule has 44 heavy (non-hydrogen) atoms. The van der Waals surface area contributed by atoms with Gasteiger partial charge < -0.3 is 26.7 Å². The van der Waals surface area contributed by atoms with Crippen LogP contribution in [0.25, 0.3) is 21.7 Å². The predicted molar refractivity (Wildman–Crippen MR) is 175 cm³/mol. The van der Waals surface area contributed by atoms with Crippen LogP contribution >= 0.6 is 0 Å². The number of fused-ring (bicyclic) bond motifs is 2. The fraction of sp³-hybridized carbons (Fsp3) is 0.250. The average Bonchev–Trinajstić information content (AvgIpc) is 3.46. The van der Waals surface area contributed by atoms with Gasteiger partial charge in [0.1, 0.15) is 12.1 Å². The third-order valence-electron chi connectivity index (χ3n) is 7.80. The highest BCUT2D eigenvalue weighted by molar-refractivity contribution is 5.93. The first-order chi connectivity index (χ1) is 21.5. The second kappa shape index (κ2) is 15.0. The van der Waals surface area contributed by atoms with E-state index in [9.17, 15) is 14.4 Å². The number of carbonyl (C=O) groups excluding carboxylic acids is 3. The molecule has 0 saturated carbocycles. The zero-order valence-electron chi connectivity index (χ0n) is 24.7. The van der Waals surface area contributed by atoms with Gasteiger partial charge in [0.15, 0.2) is 0 Å². The molecule has 0 aliphatic rings. The van der Waals surface area contributed by atoms with Gasteiger partial charge in [-0.15, -0.1) is 0 Å². The molecule has 0 bridgehead atoms. The fourth-order valence-corrected chi connectivity index (χ4v) is 5.42. The molecule has 1 aromatic heterocycles. The molecule has 0 saturated heterocycles. The highest BCUT2D eigenvalue weighted by atomic mass is 16.2. The Labute approximate surface area is 257 Å². The second-order valence-electron chi connectivity index (χ2n) is 11.0. The van der Waals surface area contributed by atoms with Gasteiger partial charge in [-0.3, -0.25) is 14.4 Å². The lowest BCUT2D eigenvalue weighted by Crippen LogP contribution is -2.55. The van der Waals surface area contributed by atoms with Crippen LogP contribution in [0.2, 0.25) is 0 Å². The number of aromatic amines is 1. The number of carbonyl (C=O) groups is 3. The Morgan fingerprint density at radius 1 is 0.727 bits per heavy atom. The van der Waals surface area contributed by atoms with Crippen LogP contribution in [0.1, 0.15) is 29.5 Å². The fourth-order valence-electron chi connectivity index (χ4n) is 5.42. The minimum atomic E-state index is -0.881. The third kappa shape index (κ3) is 8.11. The van der Waals surface area contributed by atoms with Crippen molar-refractivity contribution in [2.24, 2.45) is 5.73 Å². The maximum absolute atomic E-state index is 13.9. The molecule has 0 fully saturated rings. The first-order valence-corrected chi connectivity index (χ1v) is 15.1. The lowest BCUT2D eigenvalue weighted by atomic mass is 9.99. The Morgan fingerprint density at radius 2 is 1.45 bits per heavy atom. The van der Waals surface area contributed by atoms with Crippen molar-refractivity contribution in [2.75, 3.05) is 13.1 Å². The molecule has 8 nitrogen and oxygen atoms in total. The molecule has 2 atom stereocenters. The summed E-state index contributed by atoms with van der Waals surface area (Å²) in [5, 5.41) is 12.0. The van der Waals surface area contributed by atoms with Gasteiger partial charge in [0.2, 0.25) is 17.7 Å². The van der Waals surface area contributed by atoms with Crippen molar-refractivity contribution in [3.63, 3.8) is 0 Å². The molecule has 8 heteroatoms. The van der Waals surface area contributed by atoms with E-state index in [0.29, 0.717) is 32.4 Å². The Kier molecular flexibility index (Phi) is 10.4. The van der Waals surface area contributed by atoms with Gasteiger partial charge >= 0.3 is 0 Å². The van der Waals surface area contributed by atoms with Crippen molar-refractivity contribution in [3.8, 4) is 0 Å². The van der Waals surface area contributed by atoms with E-state index in [2.05, 4.69) is 20.9 Å². The van der Waals surface area contributed by atoms with Gasteiger partial charge in [0.25, 0.3) is 0 Å². The minimum absolute atomic E-state index is 0.229. The standard InChI is InChI=1S/C36H39N5O3/c37-19-8-20-38-35(43)32(22-26-15-17-27-11-4-5-12-28(27)21-26)41-36(44)33(23-29-24-39-31-14-7-6-13-30(29)31)40-34(42)18-16-25-9-2-1-3-10-25/h1-7,9-15,17,21,24,32-33,39H,8,16,18-20,22-23,37H2,(H,38,43)(H,40,42)(H,41,44)/t32-,33-/m0/s1. The van der Waals surface area contributed by atoms with Gasteiger partial charge in [-0.25, -0.2) is 0 Å². The van der Waals surface area contributed by atoms with E-state index in [1.54, 1.807) is 0 Å². The molecular formula is C36H39N5O3. The van der Waals surface area contributed by atoms with E-state index in [1.165, 1.54) is 0 Å². The summed E-state index contributed by atoms with van der Waals surface area (Å²) in [6, 6.07) is 29.9. The number of benzene rings is 4. The van der Waals surface area contributed by atoms with Crippen molar-refractivity contribution < 1.29 is 14.4 Å². The van der Waals surface area contributed by atoms with Crippen molar-refractivity contribution >= 4 is 39.4 Å². The number of aromatic nitrogens is 1. The van der Waals surface area contributed by atoms with Crippen molar-refractivity contribution in [1.29, 1.82) is 0 Å². The summed E-state index contributed by atoms with van der Waals surface area (Å²) in [5.41, 5.74) is 9.46. The van der Waals surface area contributed by atoms with Crippen LogP contribution in [0.3, 0.4) is 0 Å². The normalized spacial score (nSPS) is 12.5. The quantitative estimate of drug-likeness (QED) is 0.125. The second-order valence-corrected chi connectivity index (χ2v) is 11.0. The van der Waals surface area contributed by atoms with Gasteiger partial charge in [-0.05, 0) is 52.9 Å². The molecule has 0 aliphatic heterocycles. The average molecular weight is 590 g/mol. The van der Waals surface area contributed by atoms with Crippen LogP contribution in [-0.2, 0) is 33.6 Å². The number of amides is 3. The zero-order valence-corrected chi connectivity index (χ0v) is 24.7. The Morgan fingerprint density at radius 3 is 2.27 bits per heavy atom. The molecule has 0 unspecified atom stereocenters. The molecule has 0 radical (unpaired) electrons. The largest absolute Gasteiger partial charge is 0.361 e. The van der Waals surface area contributed by atoms with E-state index < -0.39 is 18.0 Å². The zero-order chi connectivity index (χ0) is 30.7. The molecule has 3 amide bonds. The van der Waals surface area contributed by atoms with E-state index >= 15 is 0 Å². The van der Waals surface area contributed by atoms with Crippen LogP contribution in [0.15, 0.2) is 103 Å². The maximum Gasteiger partial charge on any atom is 0.243 e. The first-order valence-electron chi connectivity index (χ1n) is 15.1. The van der Waals surface area contributed by atoms with Crippen molar-refractivity contribution in [2.45, 2.75) is 44.2 Å². The maximum atomic E-state index is 13.9. The predicted octanol–water partition coefficient (Wildman–Crippen LogP) is 4.17. The molecule has 1 heterocycles. The van der Waals surface area contributed by atoms with Gasteiger partial charge in [0.05, 0.1) is 0 Å². The summed E-state index contributed by atoms with van der Waals surface area (Å²) >= 11 is 0. The molecule has 0 spiro atoms. The van der Waals surface area contributed by atoms with Crippen molar-refractivity contribution in [1.82, 2.24) is 20.9 Å². The van der Waals surface area contributed by atoms with Crippen LogP contribution in [0.5, 0.6) is 0 Å². The summed E-state index contributed by atoms with van der Waals surface area (Å²) < 4.78 is 0. The van der Waals surface area contributed by atoms with Gasteiger partial charge in [-0.1, -0.05) is 91.0 Å². The summed E-state index contributed by atoms with van der Waals surface area (Å²) in [6.07, 6.45) is 3.86. The molecule has 5 aromatic rings. The molecular weight excluding hydrogens is 550 g/mol. The number of rotatable bonds is 14. The summed E-state index contributed by atoms with van der Waals surface area (Å²) in [6.45, 7) is 0.859. The van der Waals surface area contributed by atoms with E-state index in [0.717, 1.165) is 38.4 Å². The Hall–Kier alpha value is -4.95. The SMILES string of the molecule is NCCCNC(=O)[C@H](Cc1ccc2ccccc2c1)NC(=O)[C@H](Cc1c[nH]c2ccccc12)NC(=O)CCc1ccccc1. The minimum Gasteiger partial charge on any atom is -0.361 e. The van der Waals surface area contributed by atoms with E-state index in [-0.39, 0.29) is 24.7 Å². The monoisotopic (exact) mass is 589 g/mol. The number of para-hydroxylation sites is 1. The van der Waals surface area contributed by atoms with Gasteiger partial charge in [-0.2, -0.15) is 0 Å². The molecule has 0 aliphatic carbocycles. The molecule has 226 valence electrons. The number of nitrogens with one attached hydrogen (secondary N) is 4. The van der Waals surface area contributed by atoms with Crippen LogP contribution < -0.4 is 21.7 Å². The van der Waals surface area contributed by atoms with Crippen LogP contribution in [0, 0.1) is 0 Å². The van der Waals surface area contributed by atoms with E-state index in [4.69, 9.17) is 5.73 Å². The highest BCUT2D eigenvalue weighted by Crippen LogP contribution is 2.20. The lowest BCUT2D eigenvalue weighted by molar-refractivity contribution is -0.132. The van der Waals surface area contributed by atoms with Gasteiger partial charge in [0, 0.05) is 42.9 Å². The van der Waals surface area contributed by atoms with Crippen LogP contribution in [0.4, 0.5) is 0 Å². The number of hydrogen-bond acceptors (Lipinski definition) is 4. The van der Waals surface area contributed by atoms with Crippen LogP contribution in [-0.4, -0.2) is 47.9 Å². The number of aryl methyl sites for hydroxylation is 1. The highest BCUT2D eigenvalue weighted by Gasteiger charge is 2.28. The Balaban J connectivity index is 1.36. The van der Waals surface area contributed by atoms with Crippen molar-refractivity contribution in [3.05, 3.63) is 120 Å². The molecule has 5 rings (SSSR count). The number of hydrogen-bond donors (Lipinski definition) is 5. The topological polar surface area (TPSA) is 129 Å². The summed E-state index contributed by atoms with van der Waals surface area (Å²) in [4.78, 5) is 43.7. The summed E-state index contributed by atoms with van der Waals surface area (Å²) in [5.74, 6) is -0.934. The number of nitrogens with two attached hydrogens (primary N) is 1. The van der Waals surface area contributed by atoms with E-state index in [1.807, 2.05) is 103 Å². The summed E-state index contributed by atoms with van der Waals surface area (Å²) in [7, 11) is 0. The lowest BCUT2D eigenvalue weighted by Gasteiger charge is -2.23.